The summed E-state index contributed by atoms with van der Waals surface area (Å²) in [5.41, 5.74) is 8.31. The van der Waals surface area contributed by atoms with Crippen molar-refractivity contribution in [1.29, 1.82) is 0 Å². The number of rotatable bonds is 5. The fourth-order valence-corrected chi connectivity index (χ4v) is 3.71. The van der Waals surface area contributed by atoms with Crippen molar-refractivity contribution in [2.75, 3.05) is 5.73 Å². The van der Waals surface area contributed by atoms with Crippen LogP contribution in [-0.2, 0) is 20.1 Å². The molecule has 31 heavy (non-hydrogen) atoms. The molecule has 12 heteroatoms. The second kappa shape index (κ2) is 6.93. The van der Waals surface area contributed by atoms with Crippen LogP contribution in [0.4, 0.5) is 5.95 Å². The number of anilines is 1. The summed E-state index contributed by atoms with van der Waals surface area (Å²) in [5, 5.41) is 17.6. The van der Waals surface area contributed by atoms with Crippen LogP contribution in [0.25, 0.3) is 22.4 Å². The SMILES string of the molecule is Cn1c(=O)n(CCn2cc(C(=O)O)cn2)c2nc(N)n3nc(C4=CC=CCC4)nc3c21. The molecule has 0 amide bonds. The Morgan fingerprint density at radius 1 is 1.26 bits per heavy atom. The largest absolute Gasteiger partial charge is 0.478 e. The maximum absolute atomic E-state index is 12.9. The summed E-state index contributed by atoms with van der Waals surface area (Å²) in [4.78, 5) is 33.0. The number of carboxylic acid groups (broad SMARTS) is 1. The van der Waals surface area contributed by atoms with E-state index in [1.807, 2.05) is 12.2 Å². The van der Waals surface area contributed by atoms with Gasteiger partial charge in [-0.15, -0.1) is 5.10 Å². The molecule has 4 heterocycles. The van der Waals surface area contributed by atoms with Gasteiger partial charge >= 0.3 is 11.7 Å². The van der Waals surface area contributed by atoms with Crippen molar-refractivity contribution in [3.8, 4) is 0 Å². The highest BCUT2D eigenvalue weighted by molar-refractivity contribution is 5.88. The van der Waals surface area contributed by atoms with Crippen molar-refractivity contribution < 1.29 is 9.90 Å². The Balaban J connectivity index is 1.59. The van der Waals surface area contributed by atoms with E-state index in [4.69, 9.17) is 10.8 Å². The van der Waals surface area contributed by atoms with E-state index in [9.17, 15) is 9.59 Å². The van der Waals surface area contributed by atoms with E-state index in [1.165, 1.54) is 30.7 Å². The fraction of sp³-hybridized carbons (Fsp3) is 0.263. The Labute approximate surface area is 174 Å². The van der Waals surface area contributed by atoms with E-state index in [1.54, 1.807) is 7.05 Å². The third kappa shape index (κ3) is 2.99. The Morgan fingerprint density at radius 2 is 2.10 bits per heavy atom. The minimum Gasteiger partial charge on any atom is -0.478 e. The molecule has 0 radical (unpaired) electrons. The van der Waals surface area contributed by atoms with Crippen LogP contribution in [0.3, 0.4) is 0 Å². The molecule has 1 aliphatic carbocycles. The Kier molecular flexibility index (Phi) is 4.20. The maximum Gasteiger partial charge on any atom is 0.338 e. The zero-order valence-electron chi connectivity index (χ0n) is 16.6. The van der Waals surface area contributed by atoms with Crippen molar-refractivity contribution in [1.82, 2.24) is 38.5 Å². The molecule has 0 saturated heterocycles. The molecule has 158 valence electrons. The van der Waals surface area contributed by atoms with Crippen molar-refractivity contribution in [2.45, 2.75) is 25.9 Å². The van der Waals surface area contributed by atoms with Crippen LogP contribution < -0.4 is 11.4 Å². The summed E-state index contributed by atoms with van der Waals surface area (Å²) in [6.07, 6.45) is 10.4. The molecule has 5 rings (SSSR count). The summed E-state index contributed by atoms with van der Waals surface area (Å²) < 4.78 is 5.86. The lowest BCUT2D eigenvalue weighted by Crippen LogP contribution is -2.24. The zero-order valence-corrected chi connectivity index (χ0v) is 16.6. The molecule has 0 aromatic carbocycles. The molecule has 0 spiro atoms. The van der Waals surface area contributed by atoms with E-state index in [0.29, 0.717) is 22.6 Å². The predicted octanol–water partition coefficient (Wildman–Crippen LogP) is 0.688. The van der Waals surface area contributed by atoms with Gasteiger partial charge in [-0.3, -0.25) is 13.8 Å². The normalized spacial score (nSPS) is 13.9. The predicted molar refractivity (Wildman–Crippen MR) is 111 cm³/mol. The number of hydrogen-bond donors (Lipinski definition) is 2. The summed E-state index contributed by atoms with van der Waals surface area (Å²) >= 11 is 0. The number of fused-ring (bicyclic) bond motifs is 3. The van der Waals surface area contributed by atoms with Crippen LogP contribution in [0.2, 0.25) is 0 Å². The molecule has 4 aromatic heterocycles. The Hall–Kier alpha value is -4.22. The minimum absolute atomic E-state index is 0.0807. The van der Waals surface area contributed by atoms with E-state index < -0.39 is 5.97 Å². The molecule has 3 N–H and O–H groups in total. The van der Waals surface area contributed by atoms with Gasteiger partial charge in [-0.2, -0.15) is 14.6 Å². The second-order valence-electron chi connectivity index (χ2n) is 7.26. The van der Waals surface area contributed by atoms with Gasteiger partial charge in [-0.25, -0.2) is 14.6 Å². The van der Waals surface area contributed by atoms with Crippen molar-refractivity contribution in [3.05, 3.63) is 52.5 Å². The molecule has 1 aliphatic rings. The summed E-state index contributed by atoms with van der Waals surface area (Å²) in [5.74, 6) is -0.375. The minimum atomic E-state index is -1.06. The van der Waals surface area contributed by atoms with E-state index in [2.05, 4.69) is 26.2 Å². The average molecular weight is 421 g/mol. The first-order chi connectivity index (χ1) is 14.9. The second-order valence-corrected chi connectivity index (χ2v) is 7.26. The molecular formula is C19H19N9O3. The maximum atomic E-state index is 12.9. The molecule has 12 nitrogen and oxygen atoms in total. The van der Waals surface area contributed by atoms with Crippen LogP contribution in [0.5, 0.6) is 0 Å². The number of aryl methyl sites for hydroxylation is 3. The summed E-state index contributed by atoms with van der Waals surface area (Å²) in [6, 6.07) is 0. The summed E-state index contributed by atoms with van der Waals surface area (Å²) in [6.45, 7) is 0.521. The first-order valence-electron chi connectivity index (χ1n) is 9.67. The number of carbonyl (C=O) groups is 1. The smallest absolute Gasteiger partial charge is 0.338 e. The van der Waals surface area contributed by atoms with Gasteiger partial charge in [0, 0.05) is 19.8 Å². The average Bonchev–Trinajstić information content (AvgIpc) is 3.46. The first kappa shape index (κ1) is 18.8. The number of imidazole rings is 1. The van der Waals surface area contributed by atoms with Crippen LogP contribution in [-0.4, -0.2) is 49.6 Å². The van der Waals surface area contributed by atoms with Crippen molar-refractivity contribution >= 4 is 34.3 Å². The lowest BCUT2D eigenvalue weighted by molar-refractivity contribution is 0.0696. The molecular weight excluding hydrogens is 402 g/mol. The molecule has 0 fully saturated rings. The van der Waals surface area contributed by atoms with Crippen molar-refractivity contribution in [3.63, 3.8) is 0 Å². The first-order valence-corrected chi connectivity index (χ1v) is 9.67. The molecule has 4 aromatic rings. The fourth-order valence-electron chi connectivity index (χ4n) is 3.71. The highest BCUT2D eigenvalue weighted by atomic mass is 16.4. The third-order valence-electron chi connectivity index (χ3n) is 5.31. The number of aromatic nitrogens is 8. The van der Waals surface area contributed by atoms with Gasteiger partial charge in [0.1, 0.15) is 5.52 Å². The van der Waals surface area contributed by atoms with Crippen LogP contribution in [0, 0.1) is 0 Å². The van der Waals surface area contributed by atoms with Crippen LogP contribution >= 0.6 is 0 Å². The lowest BCUT2D eigenvalue weighted by Gasteiger charge is -2.04. The number of nitrogen functional groups attached to an aromatic ring is 1. The lowest BCUT2D eigenvalue weighted by atomic mass is 10.1. The standard InChI is InChI=1S/C19H19N9O3/c1-25-13-15(27(19(25)31)8-7-26-10-12(9-21-26)17(29)30)23-18(20)28-16(13)22-14(24-28)11-5-3-2-4-6-11/h2-3,5,9-10H,4,6-8H2,1H3,(H2,20,23)(H,29,30). The van der Waals surface area contributed by atoms with Gasteiger partial charge in [0.05, 0.1) is 18.3 Å². The molecule has 0 unspecified atom stereocenters. The van der Waals surface area contributed by atoms with Crippen LogP contribution in [0.1, 0.15) is 29.0 Å². The number of allylic oxidation sites excluding steroid dienone is 4. The zero-order chi connectivity index (χ0) is 21.7. The van der Waals surface area contributed by atoms with Gasteiger partial charge in [-0.05, 0) is 18.4 Å². The van der Waals surface area contributed by atoms with Gasteiger partial charge in [-0.1, -0.05) is 18.2 Å². The number of nitrogens with zero attached hydrogens (tertiary/aromatic N) is 8. The van der Waals surface area contributed by atoms with E-state index in [-0.39, 0.29) is 30.3 Å². The van der Waals surface area contributed by atoms with E-state index in [0.717, 1.165) is 18.4 Å². The highest BCUT2D eigenvalue weighted by Crippen LogP contribution is 2.24. The van der Waals surface area contributed by atoms with Gasteiger partial charge in [0.2, 0.25) is 5.95 Å². The molecule has 0 bridgehead atoms. The summed E-state index contributed by atoms with van der Waals surface area (Å²) in [7, 11) is 1.65. The van der Waals surface area contributed by atoms with Gasteiger partial charge < -0.3 is 10.8 Å². The number of nitrogens with two attached hydrogens (primary N) is 1. The monoisotopic (exact) mass is 421 g/mol. The number of hydrogen-bond acceptors (Lipinski definition) is 7. The van der Waals surface area contributed by atoms with Crippen LogP contribution in [0.15, 0.2) is 35.4 Å². The third-order valence-corrected chi connectivity index (χ3v) is 5.31. The molecule has 0 saturated carbocycles. The quantitative estimate of drug-likeness (QED) is 0.477. The van der Waals surface area contributed by atoms with E-state index >= 15 is 0 Å². The Morgan fingerprint density at radius 3 is 2.81 bits per heavy atom. The Bertz CT molecular complexity index is 1460. The topological polar surface area (TPSA) is 151 Å². The van der Waals surface area contributed by atoms with Gasteiger partial charge in [0.25, 0.3) is 0 Å². The molecule has 0 atom stereocenters. The number of carboxylic acids is 1. The molecule has 0 aliphatic heterocycles. The highest BCUT2D eigenvalue weighted by Gasteiger charge is 2.21. The van der Waals surface area contributed by atoms with Crippen molar-refractivity contribution in [2.24, 2.45) is 7.05 Å². The van der Waals surface area contributed by atoms with Gasteiger partial charge in [0.15, 0.2) is 17.1 Å². The number of aromatic carboxylic acids is 1.